The van der Waals surface area contributed by atoms with Crippen LogP contribution in [0.5, 0.6) is 0 Å². The SMILES string of the molecule is CC(C)(C)c1cc(/C(=C/c2ccc(C(=O)O)cc2)[Si](C)(C)C)cc(C(C)(C)C)c1. The van der Waals surface area contributed by atoms with E-state index in [1.54, 1.807) is 12.1 Å². The summed E-state index contributed by atoms with van der Waals surface area (Å²) in [7, 11) is -1.66. The maximum Gasteiger partial charge on any atom is 0.335 e. The molecule has 0 bridgehead atoms. The fourth-order valence-electron chi connectivity index (χ4n) is 3.27. The van der Waals surface area contributed by atoms with Crippen LogP contribution in [0, 0.1) is 0 Å². The van der Waals surface area contributed by atoms with Crippen molar-refractivity contribution in [1.29, 1.82) is 0 Å². The average Bonchev–Trinajstić information content (AvgIpc) is 2.57. The van der Waals surface area contributed by atoms with Crippen LogP contribution in [-0.2, 0) is 10.8 Å². The lowest BCUT2D eigenvalue weighted by Gasteiger charge is -2.29. The molecule has 156 valence electrons. The third-order valence-electron chi connectivity index (χ3n) is 5.25. The number of rotatable bonds is 4. The molecular formula is C26H36O2Si. The molecule has 0 radical (unpaired) electrons. The second-order valence-electron chi connectivity index (χ2n) is 11.0. The van der Waals surface area contributed by atoms with Crippen LogP contribution in [0.1, 0.15) is 74.2 Å². The minimum absolute atomic E-state index is 0.0731. The fourth-order valence-corrected chi connectivity index (χ4v) is 4.88. The van der Waals surface area contributed by atoms with Crippen molar-refractivity contribution in [3.63, 3.8) is 0 Å². The van der Waals surface area contributed by atoms with E-state index in [-0.39, 0.29) is 10.8 Å². The van der Waals surface area contributed by atoms with Crippen LogP contribution in [0.25, 0.3) is 11.3 Å². The molecule has 0 unspecified atom stereocenters. The summed E-state index contributed by atoms with van der Waals surface area (Å²) in [4.78, 5) is 11.2. The second-order valence-corrected chi connectivity index (χ2v) is 16.1. The first-order valence-electron chi connectivity index (χ1n) is 10.3. The molecule has 0 fully saturated rings. The van der Waals surface area contributed by atoms with E-state index >= 15 is 0 Å². The van der Waals surface area contributed by atoms with E-state index in [1.165, 1.54) is 21.9 Å². The highest BCUT2D eigenvalue weighted by Crippen LogP contribution is 2.36. The second kappa shape index (κ2) is 7.95. The summed E-state index contributed by atoms with van der Waals surface area (Å²) >= 11 is 0. The van der Waals surface area contributed by atoms with Gasteiger partial charge in [-0.2, -0.15) is 0 Å². The van der Waals surface area contributed by atoms with Gasteiger partial charge in [0.25, 0.3) is 0 Å². The molecule has 0 saturated heterocycles. The van der Waals surface area contributed by atoms with E-state index < -0.39 is 14.0 Å². The van der Waals surface area contributed by atoms with Gasteiger partial charge in [0.1, 0.15) is 0 Å². The van der Waals surface area contributed by atoms with Crippen molar-refractivity contribution in [2.45, 2.75) is 72.0 Å². The molecule has 2 aromatic carbocycles. The summed E-state index contributed by atoms with van der Waals surface area (Å²) in [5.41, 5.74) is 5.51. The molecule has 0 aliphatic heterocycles. The summed E-state index contributed by atoms with van der Waals surface area (Å²) < 4.78 is 0. The Bertz CT molecular complexity index is 883. The van der Waals surface area contributed by atoms with Crippen LogP contribution in [0.4, 0.5) is 0 Å². The quantitative estimate of drug-likeness (QED) is 0.423. The van der Waals surface area contributed by atoms with Gasteiger partial charge in [0, 0.05) is 0 Å². The molecule has 0 amide bonds. The monoisotopic (exact) mass is 408 g/mol. The number of carbonyl (C=O) groups is 1. The van der Waals surface area contributed by atoms with Gasteiger partial charge in [0.2, 0.25) is 0 Å². The van der Waals surface area contributed by atoms with Gasteiger partial charge in [-0.3, -0.25) is 0 Å². The Morgan fingerprint density at radius 2 is 1.24 bits per heavy atom. The number of aromatic carboxylic acids is 1. The smallest absolute Gasteiger partial charge is 0.335 e. The van der Waals surface area contributed by atoms with E-state index in [0.717, 1.165) is 5.56 Å². The molecule has 0 aliphatic carbocycles. The maximum atomic E-state index is 11.2. The highest BCUT2D eigenvalue weighted by Gasteiger charge is 2.26. The van der Waals surface area contributed by atoms with Gasteiger partial charge in [-0.05, 0) is 45.2 Å². The Kier molecular flexibility index (Phi) is 6.34. The van der Waals surface area contributed by atoms with Crippen LogP contribution in [0.3, 0.4) is 0 Å². The molecule has 0 aromatic heterocycles. The number of hydrogen-bond acceptors (Lipinski definition) is 1. The zero-order valence-electron chi connectivity index (χ0n) is 19.5. The first-order chi connectivity index (χ1) is 13.1. The number of carboxylic acids is 1. The van der Waals surface area contributed by atoms with Crippen LogP contribution >= 0.6 is 0 Å². The van der Waals surface area contributed by atoms with Crippen molar-refractivity contribution in [1.82, 2.24) is 0 Å². The van der Waals surface area contributed by atoms with E-state index in [2.05, 4.69) is 85.5 Å². The topological polar surface area (TPSA) is 37.3 Å². The lowest BCUT2D eigenvalue weighted by atomic mass is 9.79. The van der Waals surface area contributed by atoms with Crippen molar-refractivity contribution in [2.75, 3.05) is 0 Å². The summed E-state index contributed by atoms with van der Waals surface area (Å²) in [6.07, 6.45) is 2.26. The summed E-state index contributed by atoms with van der Waals surface area (Å²) in [5, 5.41) is 10.6. The molecule has 0 spiro atoms. The molecule has 0 saturated carbocycles. The molecule has 1 N–H and O–H groups in total. The number of benzene rings is 2. The molecule has 0 aliphatic rings. The van der Waals surface area contributed by atoms with Crippen LogP contribution in [0.15, 0.2) is 42.5 Å². The predicted molar refractivity (Wildman–Crippen MR) is 128 cm³/mol. The van der Waals surface area contributed by atoms with E-state index in [0.29, 0.717) is 5.56 Å². The van der Waals surface area contributed by atoms with Gasteiger partial charge in [0.05, 0.1) is 13.6 Å². The van der Waals surface area contributed by atoms with Gasteiger partial charge in [-0.15, -0.1) is 0 Å². The van der Waals surface area contributed by atoms with Gasteiger partial charge >= 0.3 is 5.97 Å². The Hall–Kier alpha value is -2.13. The van der Waals surface area contributed by atoms with E-state index in [4.69, 9.17) is 5.11 Å². The zero-order valence-corrected chi connectivity index (χ0v) is 20.5. The minimum atomic E-state index is -1.66. The first-order valence-corrected chi connectivity index (χ1v) is 13.8. The van der Waals surface area contributed by atoms with Gasteiger partial charge in [0.15, 0.2) is 0 Å². The Balaban J connectivity index is 2.71. The van der Waals surface area contributed by atoms with Crippen molar-refractivity contribution >= 4 is 25.3 Å². The number of hydrogen-bond donors (Lipinski definition) is 1. The molecule has 0 heterocycles. The minimum Gasteiger partial charge on any atom is -0.478 e. The zero-order chi connectivity index (χ0) is 22.2. The van der Waals surface area contributed by atoms with Gasteiger partial charge < -0.3 is 5.11 Å². The fraction of sp³-hybridized carbons (Fsp3) is 0.423. The highest BCUT2D eigenvalue weighted by atomic mass is 28.3. The lowest BCUT2D eigenvalue weighted by molar-refractivity contribution is 0.0697. The normalized spacial score (nSPS) is 13.5. The molecule has 29 heavy (non-hydrogen) atoms. The molecule has 2 rings (SSSR count). The third-order valence-corrected chi connectivity index (χ3v) is 7.30. The van der Waals surface area contributed by atoms with E-state index in [1.807, 2.05) is 12.1 Å². The number of carboxylic acid groups (broad SMARTS) is 1. The lowest BCUT2D eigenvalue weighted by Crippen LogP contribution is -2.24. The highest BCUT2D eigenvalue weighted by molar-refractivity contribution is 6.94. The van der Waals surface area contributed by atoms with Crippen LogP contribution in [0.2, 0.25) is 19.6 Å². The van der Waals surface area contributed by atoms with Crippen LogP contribution < -0.4 is 0 Å². The van der Waals surface area contributed by atoms with Gasteiger partial charge in [-0.1, -0.05) is 103 Å². The third kappa shape index (κ3) is 5.93. The van der Waals surface area contributed by atoms with Crippen LogP contribution in [-0.4, -0.2) is 19.1 Å². The van der Waals surface area contributed by atoms with Crippen molar-refractivity contribution < 1.29 is 9.90 Å². The standard InChI is InChI=1S/C26H36O2Si/c1-25(2,3)21-15-20(16-22(17-21)26(4,5)6)23(29(7,8)9)14-18-10-12-19(13-11-18)24(27)28/h10-17H,1-9H3,(H,27,28)/b23-14-. The molecular weight excluding hydrogens is 372 g/mol. The summed E-state index contributed by atoms with van der Waals surface area (Å²) in [6, 6.07) is 14.2. The Morgan fingerprint density at radius 3 is 1.59 bits per heavy atom. The Morgan fingerprint density at radius 1 is 0.793 bits per heavy atom. The summed E-state index contributed by atoms with van der Waals surface area (Å²) in [5.74, 6) is -0.890. The van der Waals surface area contributed by atoms with Crippen molar-refractivity contribution in [3.05, 3.63) is 70.3 Å². The Labute approximate surface area is 177 Å². The predicted octanol–water partition coefficient (Wildman–Crippen LogP) is 7.40. The molecule has 2 nitrogen and oxygen atoms in total. The van der Waals surface area contributed by atoms with Crippen molar-refractivity contribution in [3.8, 4) is 0 Å². The average molecular weight is 409 g/mol. The first kappa shape index (κ1) is 23.1. The summed E-state index contributed by atoms with van der Waals surface area (Å²) in [6.45, 7) is 20.7. The molecule has 0 atom stereocenters. The molecule has 2 aromatic rings. The largest absolute Gasteiger partial charge is 0.478 e. The maximum absolute atomic E-state index is 11.2. The van der Waals surface area contributed by atoms with Crippen molar-refractivity contribution in [2.24, 2.45) is 0 Å². The van der Waals surface area contributed by atoms with Gasteiger partial charge in [-0.25, -0.2) is 4.79 Å². The van der Waals surface area contributed by atoms with E-state index in [9.17, 15) is 4.79 Å². The molecule has 3 heteroatoms.